The molecule has 3 rings (SSSR count). The third kappa shape index (κ3) is 3.77. The maximum Gasteiger partial charge on any atom is 0.339 e. The summed E-state index contributed by atoms with van der Waals surface area (Å²) in [6.45, 7) is -0.375. The maximum absolute atomic E-state index is 12.3. The van der Waals surface area contributed by atoms with Crippen LogP contribution < -0.4 is 10.1 Å². The van der Waals surface area contributed by atoms with Gasteiger partial charge in [-0.1, -0.05) is 48.5 Å². The molecule has 0 aromatic heterocycles. The molecule has 0 aliphatic heterocycles. The predicted octanol–water partition coefficient (Wildman–Crippen LogP) is 3.64. The largest absolute Gasteiger partial charge is 0.495 e. The van der Waals surface area contributed by atoms with Crippen molar-refractivity contribution in [1.82, 2.24) is 0 Å². The van der Waals surface area contributed by atoms with E-state index in [9.17, 15) is 9.59 Å². The number of benzene rings is 3. The Bertz CT molecular complexity index is 915. The highest BCUT2D eigenvalue weighted by Gasteiger charge is 2.14. The van der Waals surface area contributed by atoms with Crippen LogP contribution in [0.2, 0.25) is 0 Å². The Labute approximate surface area is 145 Å². The number of carbonyl (C=O) groups is 2. The molecule has 25 heavy (non-hydrogen) atoms. The Balaban J connectivity index is 1.66. The minimum absolute atomic E-state index is 0.375. The van der Waals surface area contributed by atoms with Crippen LogP contribution in [0.15, 0.2) is 66.7 Å². The van der Waals surface area contributed by atoms with Crippen LogP contribution in [0.3, 0.4) is 0 Å². The number of amides is 1. The highest BCUT2D eigenvalue weighted by molar-refractivity contribution is 6.05. The van der Waals surface area contributed by atoms with Gasteiger partial charge in [0.15, 0.2) is 6.61 Å². The first-order valence-electron chi connectivity index (χ1n) is 7.77. The highest BCUT2D eigenvalue weighted by Crippen LogP contribution is 2.23. The van der Waals surface area contributed by atoms with Crippen molar-refractivity contribution < 1.29 is 19.1 Å². The van der Waals surface area contributed by atoms with E-state index in [0.29, 0.717) is 17.0 Å². The van der Waals surface area contributed by atoms with Crippen molar-refractivity contribution in [2.45, 2.75) is 0 Å². The summed E-state index contributed by atoms with van der Waals surface area (Å²) in [7, 11) is 1.52. The SMILES string of the molecule is COc1ccccc1NC(=O)COC(=O)c1cccc2ccccc12. The molecule has 5 heteroatoms. The first kappa shape index (κ1) is 16.5. The zero-order chi connectivity index (χ0) is 17.6. The van der Waals surface area contributed by atoms with E-state index >= 15 is 0 Å². The minimum atomic E-state index is -0.535. The summed E-state index contributed by atoms with van der Waals surface area (Å²) >= 11 is 0. The third-order valence-corrected chi connectivity index (χ3v) is 3.72. The fraction of sp³-hybridized carbons (Fsp3) is 0.100. The number of fused-ring (bicyclic) bond motifs is 1. The molecular weight excluding hydrogens is 318 g/mol. The molecule has 126 valence electrons. The average Bonchev–Trinajstić information content (AvgIpc) is 2.66. The van der Waals surface area contributed by atoms with Gasteiger partial charge in [-0.3, -0.25) is 4.79 Å². The fourth-order valence-corrected chi connectivity index (χ4v) is 2.55. The van der Waals surface area contributed by atoms with Gasteiger partial charge in [0, 0.05) is 0 Å². The molecule has 1 amide bonds. The monoisotopic (exact) mass is 335 g/mol. The number of nitrogens with one attached hydrogen (secondary N) is 1. The first-order valence-corrected chi connectivity index (χ1v) is 7.77. The standard InChI is InChI=1S/C20H17NO4/c1-24-18-12-5-4-11-17(18)21-19(22)13-25-20(23)16-10-6-8-14-7-2-3-9-15(14)16/h2-12H,13H2,1H3,(H,21,22). The molecule has 0 atom stereocenters. The van der Waals surface area contributed by atoms with E-state index in [1.165, 1.54) is 7.11 Å². The van der Waals surface area contributed by atoms with Crippen molar-refractivity contribution >= 4 is 28.3 Å². The maximum atomic E-state index is 12.3. The van der Waals surface area contributed by atoms with Gasteiger partial charge in [-0.15, -0.1) is 0 Å². The molecule has 3 aromatic carbocycles. The van der Waals surface area contributed by atoms with Gasteiger partial charge in [0.1, 0.15) is 5.75 Å². The lowest BCUT2D eigenvalue weighted by Gasteiger charge is -2.10. The second-order valence-electron chi connectivity index (χ2n) is 5.35. The number of ether oxygens (including phenoxy) is 2. The summed E-state index contributed by atoms with van der Waals surface area (Å²) in [5.41, 5.74) is 0.958. The summed E-state index contributed by atoms with van der Waals surface area (Å²) < 4.78 is 10.3. The van der Waals surface area contributed by atoms with Crippen LogP contribution in [0.4, 0.5) is 5.69 Å². The van der Waals surface area contributed by atoms with E-state index in [1.54, 1.807) is 36.4 Å². The third-order valence-electron chi connectivity index (χ3n) is 3.72. The zero-order valence-electron chi connectivity index (χ0n) is 13.7. The van der Waals surface area contributed by atoms with Gasteiger partial charge in [0.25, 0.3) is 5.91 Å². The Morgan fingerprint density at radius 3 is 2.48 bits per heavy atom. The van der Waals surface area contributed by atoms with Crippen molar-refractivity contribution in [3.8, 4) is 5.75 Å². The van der Waals surface area contributed by atoms with Crippen molar-refractivity contribution in [2.75, 3.05) is 19.0 Å². The molecule has 0 saturated heterocycles. The topological polar surface area (TPSA) is 64.6 Å². The van der Waals surface area contributed by atoms with Crippen LogP contribution in [0, 0.1) is 0 Å². The van der Waals surface area contributed by atoms with Gasteiger partial charge in [-0.05, 0) is 29.0 Å². The molecule has 3 aromatic rings. The number of methoxy groups -OCH3 is 1. The van der Waals surface area contributed by atoms with Crippen LogP contribution in [0.5, 0.6) is 5.75 Å². The zero-order valence-corrected chi connectivity index (χ0v) is 13.7. The molecule has 0 radical (unpaired) electrons. The molecule has 0 fully saturated rings. The average molecular weight is 335 g/mol. The molecule has 5 nitrogen and oxygen atoms in total. The summed E-state index contributed by atoms with van der Waals surface area (Å²) in [4.78, 5) is 24.3. The number of esters is 1. The van der Waals surface area contributed by atoms with Gasteiger partial charge < -0.3 is 14.8 Å². The smallest absolute Gasteiger partial charge is 0.339 e. The van der Waals surface area contributed by atoms with Gasteiger partial charge in [-0.25, -0.2) is 4.79 Å². The second-order valence-corrected chi connectivity index (χ2v) is 5.35. The molecule has 0 aliphatic carbocycles. The first-order chi connectivity index (χ1) is 12.2. The lowest BCUT2D eigenvalue weighted by Crippen LogP contribution is -2.21. The van der Waals surface area contributed by atoms with Crippen LogP contribution in [0.1, 0.15) is 10.4 Å². The number of carbonyl (C=O) groups excluding carboxylic acids is 2. The molecule has 0 unspecified atom stereocenters. The normalized spacial score (nSPS) is 10.3. The quantitative estimate of drug-likeness (QED) is 0.723. The molecular formula is C20H17NO4. The molecule has 0 heterocycles. The van der Waals surface area contributed by atoms with E-state index in [1.807, 2.05) is 30.3 Å². The lowest BCUT2D eigenvalue weighted by molar-refractivity contribution is -0.119. The van der Waals surface area contributed by atoms with Gasteiger partial charge in [0.2, 0.25) is 0 Å². The number of hydrogen-bond donors (Lipinski definition) is 1. The van der Waals surface area contributed by atoms with Gasteiger partial charge >= 0.3 is 5.97 Å². The molecule has 0 aliphatic rings. The number of hydrogen-bond acceptors (Lipinski definition) is 4. The molecule has 1 N–H and O–H groups in total. The van der Waals surface area contributed by atoms with Crippen LogP contribution in [0.25, 0.3) is 10.8 Å². The highest BCUT2D eigenvalue weighted by atomic mass is 16.5. The lowest BCUT2D eigenvalue weighted by atomic mass is 10.1. The van der Waals surface area contributed by atoms with Crippen molar-refractivity contribution in [3.05, 3.63) is 72.3 Å². The van der Waals surface area contributed by atoms with Crippen LogP contribution >= 0.6 is 0 Å². The van der Waals surface area contributed by atoms with Gasteiger partial charge in [-0.2, -0.15) is 0 Å². The Kier molecular flexibility index (Phi) is 4.95. The molecule has 0 bridgehead atoms. The van der Waals surface area contributed by atoms with E-state index in [0.717, 1.165) is 10.8 Å². The Morgan fingerprint density at radius 1 is 0.920 bits per heavy atom. The van der Waals surface area contributed by atoms with Gasteiger partial charge in [0.05, 0.1) is 18.4 Å². The minimum Gasteiger partial charge on any atom is -0.495 e. The van der Waals surface area contributed by atoms with Crippen molar-refractivity contribution in [3.63, 3.8) is 0 Å². The molecule has 0 saturated carbocycles. The molecule has 0 spiro atoms. The van der Waals surface area contributed by atoms with E-state index in [2.05, 4.69) is 5.32 Å². The van der Waals surface area contributed by atoms with Crippen LogP contribution in [-0.4, -0.2) is 25.6 Å². The van der Waals surface area contributed by atoms with Crippen molar-refractivity contribution in [2.24, 2.45) is 0 Å². The Morgan fingerprint density at radius 2 is 1.64 bits per heavy atom. The number of para-hydroxylation sites is 2. The number of rotatable bonds is 5. The van der Waals surface area contributed by atoms with E-state index in [4.69, 9.17) is 9.47 Å². The van der Waals surface area contributed by atoms with Crippen molar-refractivity contribution in [1.29, 1.82) is 0 Å². The van der Waals surface area contributed by atoms with E-state index < -0.39 is 11.9 Å². The summed E-state index contributed by atoms with van der Waals surface area (Å²) in [5, 5.41) is 4.40. The summed E-state index contributed by atoms with van der Waals surface area (Å²) in [5.74, 6) is -0.429. The summed E-state index contributed by atoms with van der Waals surface area (Å²) in [6.07, 6.45) is 0. The predicted molar refractivity (Wildman–Crippen MR) is 95.9 cm³/mol. The number of anilines is 1. The van der Waals surface area contributed by atoms with Crippen LogP contribution in [-0.2, 0) is 9.53 Å². The fourth-order valence-electron chi connectivity index (χ4n) is 2.55. The Hall–Kier alpha value is -3.34. The second kappa shape index (κ2) is 7.49. The van der Waals surface area contributed by atoms with E-state index in [-0.39, 0.29) is 6.61 Å². The summed E-state index contributed by atoms with van der Waals surface area (Å²) in [6, 6.07) is 19.9.